The Morgan fingerprint density at radius 3 is 0.622 bits per heavy atom. The van der Waals surface area contributed by atoms with Crippen molar-refractivity contribution in [1.29, 1.82) is 0 Å². The predicted molar refractivity (Wildman–Crippen MR) is 364 cm³/mol. The van der Waals surface area contributed by atoms with Gasteiger partial charge in [0.2, 0.25) is 5.28 Å². The van der Waals surface area contributed by atoms with Crippen LogP contribution in [0.5, 0.6) is 0 Å². The lowest BCUT2D eigenvalue weighted by atomic mass is 9.80. The number of aromatic nitrogens is 10. The summed E-state index contributed by atoms with van der Waals surface area (Å²) < 4.78 is 0. The second kappa shape index (κ2) is 29.8. The van der Waals surface area contributed by atoms with Crippen molar-refractivity contribution < 1.29 is 10.0 Å². The predicted octanol–water partition coefficient (Wildman–Crippen LogP) is 16.5. The standard InChI is InChI=1S/C37H25N5.C22H17BN2O2.C15H10ClN3.CH4.H3N/c1-5-13-26(14-6-1)32-25-33(27-15-7-2-8-16-27)39-34(38-32)30-21-23-31(24-22-30)37-41-35(28-17-9-3-10-18-28)40-36(42-37)29-19-11-4-12-20-29;26-23(27)19-13-11-18(12-14-19)22-24-20(16-7-3-1-4-8-16)15-21(25-22)17-9-5-2-6-10-17;16-15-18-13(11-7-3-1-4-8-11)17-14(19-15)12-9-5-2-6-10-12;;/h1-25H;1-15,26-27H;1-10H;1H4;1H3. The van der Waals surface area contributed by atoms with Gasteiger partial charge >= 0.3 is 7.12 Å². The molecular formula is C75H59BClN11O2. The quantitative estimate of drug-likeness (QED) is 0.0975. The summed E-state index contributed by atoms with van der Waals surface area (Å²) in [4.78, 5) is 46.7. The summed E-state index contributed by atoms with van der Waals surface area (Å²) in [5.74, 6) is 4.29. The van der Waals surface area contributed by atoms with Gasteiger partial charge in [0.1, 0.15) is 0 Å². The van der Waals surface area contributed by atoms with Crippen LogP contribution in [-0.4, -0.2) is 67.0 Å². The Bertz CT molecular complexity index is 4180. The summed E-state index contributed by atoms with van der Waals surface area (Å²) >= 11 is 5.99. The molecule has 436 valence electrons. The molecule has 14 aromatic rings. The van der Waals surface area contributed by atoms with E-state index in [1.165, 1.54) is 0 Å². The number of hydrogen-bond acceptors (Lipinski definition) is 13. The lowest BCUT2D eigenvalue weighted by Gasteiger charge is -2.10. The third-order valence-electron chi connectivity index (χ3n) is 14.0. The first-order valence-corrected chi connectivity index (χ1v) is 28.7. The fourth-order valence-corrected chi connectivity index (χ4v) is 9.63. The van der Waals surface area contributed by atoms with E-state index in [1.807, 2.05) is 255 Å². The first-order chi connectivity index (χ1) is 43.3. The highest BCUT2D eigenvalue weighted by atomic mass is 35.5. The fourth-order valence-electron chi connectivity index (χ4n) is 9.47. The van der Waals surface area contributed by atoms with Crippen LogP contribution in [0.2, 0.25) is 5.28 Å². The fraction of sp³-hybridized carbons (Fsp3) is 0.0133. The van der Waals surface area contributed by atoms with Crippen molar-refractivity contribution in [3.8, 4) is 125 Å². The molecule has 0 unspecified atom stereocenters. The van der Waals surface area contributed by atoms with E-state index in [2.05, 4.69) is 39.2 Å². The second-order valence-corrected chi connectivity index (χ2v) is 20.3. The zero-order valence-corrected chi connectivity index (χ0v) is 48.7. The lowest BCUT2D eigenvalue weighted by molar-refractivity contribution is 0.426. The molecule has 14 rings (SSSR count). The summed E-state index contributed by atoms with van der Waals surface area (Å²) in [6, 6.07) is 98.8. The molecule has 0 bridgehead atoms. The van der Waals surface area contributed by atoms with Crippen LogP contribution in [0.3, 0.4) is 0 Å². The van der Waals surface area contributed by atoms with E-state index in [9.17, 15) is 10.0 Å². The van der Waals surface area contributed by atoms with Crippen LogP contribution < -0.4 is 11.6 Å². The maximum Gasteiger partial charge on any atom is 0.488 e. The van der Waals surface area contributed by atoms with Gasteiger partial charge in [0, 0.05) is 61.2 Å². The zero-order valence-electron chi connectivity index (χ0n) is 47.9. The molecule has 10 aromatic carbocycles. The molecule has 0 amide bonds. The first kappa shape index (κ1) is 61.7. The highest BCUT2D eigenvalue weighted by Crippen LogP contribution is 2.32. The number of halogens is 1. The van der Waals surface area contributed by atoms with Gasteiger partial charge in [-0.05, 0) is 29.2 Å². The first-order valence-electron chi connectivity index (χ1n) is 28.3. The third-order valence-corrected chi connectivity index (χ3v) is 14.1. The molecule has 0 radical (unpaired) electrons. The summed E-state index contributed by atoms with van der Waals surface area (Å²) in [5.41, 5.74) is 14.3. The van der Waals surface area contributed by atoms with Crippen molar-refractivity contribution in [3.63, 3.8) is 0 Å². The summed E-state index contributed by atoms with van der Waals surface area (Å²) in [6.07, 6.45) is 0. The molecule has 0 fully saturated rings. The van der Waals surface area contributed by atoms with Crippen molar-refractivity contribution in [3.05, 3.63) is 309 Å². The van der Waals surface area contributed by atoms with Gasteiger partial charge in [0.05, 0.1) is 22.8 Å². The third kappa shape index (κ3) is 15.4. The Balaban J connectivity index is 0.000000159. The molecule has 90 heavy (non-hydrogen) atoms. The smallest absolute Gasteiger partial charge is 0.423 e. The zero-order chi connectivity index (χ0) is 59.9. The molecule has 13 nitrogen and oxygen atoms in total. The number of benzene rings is 10. The molecule has 0 saturated carbocycles. The summed E-state index contributed by atoms with van der Waals surface area (Å²) in [7, 11) is -1.49. The van der Waals surface area contributed by atoms with E-state index in [-0.39, 0.29) is 18.9 Å². The summed E-state index contributed by atoms with van der Waals surface area (Å²) in [5, 5.41) is 18.8. The largest absolute Gasteiger partial charge is 0.488 e. The molecule has 0 atom stereocenters. The number of hydrogen-bond donors (Lipinski definition) is 3. The average molecular weight is 1190 g/mol. The Labute approximate surface area is 528 Å². The Morgan fingerprint density at radius 1 is 0.222 bits per heavy atom. The lowest BCUT2D eigenvalue weighted by Crippen LogP contribution is -2.29. The van der Waals surface area contributed by atoms with Gasteiger partial charge in [-0.25, -0.2) is 39.9 Å². The molecule has 0 aliphatic heterocycles. The summed E-state index contributed by atoms with van der Waals surface area (Å²) in [6.45, 7) is 0. The van der Waals surface area contributed by atoms with E-state index < -0.39 is 7.12 Å². The van der Waals surface area contributed by atoms with E-state index in [1.54, 1.807) is 24.3 Å². The SMILES string of the molecule is C.Clc1nc(-c2ccccc2)nc(-c2ccccc2)n1.N.OB(O)c1ccc(-c2nc(-c3ccccc3)cc(-c3ccccc3)n2)cc1.c1ccc(-c2cc(-c3ccccc3)nc(-c3ccc(-c4nc(-c5ccccc5)nc(-c5ccccc5)n4)cc3)n2)cc1. The van der Waals surface area contributed by atoms with Gasteiger partial charge in [-0.2, -0.15) is 9.97 Å². The molecule has 0 spiro atoms. The second-order valence-electron chi connectivity index (χ2n) is 20.0. The van der Waals surface area contributed by atoms with E-state index in [0.717, 1.165) is 84.0 Å². The molecule has 0 aliphatic rings. The van der Waals surface area contributed by atoms with E-state index in [4.69, 9.17) is 46.5 Å². The molecule has 0 saturated heterocycles. The van der Waals surface area contributed by atoms with Crippen molar-refractivity contribution in [2.45, 2.75) is 7.43 Å². The van der Waals surface area contributed by atoms with Crippen LogP contribution >= 0.6 is 11.6 Å². The topological polar surface area (TPSA) is 204 Å². The normalized spacial score (nSPS) is 10.4. The molecule has 5 N–H and O–H groups in total. The minimum atomic E-state index is -1.49. The van der Waals surface area contributed by atoms with Gasteiger partial charge in [-0.1, -0.05) is 299 Å². The van der Waals surface area contributed by atoms with Crippen molar-refractivity contribution in [1.82, 2.24) is 56.0 Å². The monoisotopic (exact) mass is 1190 g/mol. The molecule has 4 heterocycles. The molecule has 0 aliphatic carbocycles. The van der Waals surface area contributed by atoms with Gasteiger partial charge < -0.3 is 16.2 Å². The molecular weight excluding hydrogens is 1130 g/mol. The number of nitrogens with zero attached hydrogens (tertiary/aromatic N) is 10. The van der Waals surface area contributed by atoms with Gasteiger partial charge in [0.25, 0.3) is 0 Å². The Kier molecular flexibility index (Phi) is 20.4. The van der Waals surface area contributed by atoms with Gasteiger partial charge in [0.15, 0.2) is 40.8 Å². The van der Waals surface area contributed by atoms with Gasteiger partial charge in [-0.3, -0.25) is 0 Å². The highest BCUT2D eigenvalue weighted by Gasteiger charge is 2.17. The van der Waals surface area contributed by atoms with Crippen LogP contribution in [0, 0.1) is 0 Å². The van der Waals surface area contributed by atoms with Crippen LogP contribution in [0.1, 0.15) is 7.43 Å². The maximum atomic E-state index is 9.30. The maximum absolute atomic E-state index is 9.30. The Hall–Kier alpha value is -11.4. The van der Waals surface area contributed by atoms with Crippen molar-refractivity contribution >= 4 is 24.2 Å². The van der Waals surface area contributed by atoms with Crippen molar-refractivity contribution in [2.75, 3.05) is 0 Å². The Morgan fingerprint density at radius 2 is 0.400 bits per heavy atom. The van der Waals surface area contributed by atoms with E-state index in [0.29, 0.717) is 46.2 Å². The van der Waals surface area contributed by atoms with Crippen LogP contribution in [0.4, 0.5) is 0 Å². The number of rotatable bonds is 12. The van der Waals surface area contributed by atoms with Gasteiger partial charge in [-0.15, -0.1) is 0 Å². The van der Waals surface area contributed by atoms with Crippen molar-refractivity contribution in [2.24, 2.45) is 0 Å². The molecule has 15 heteroatoms. The van der Waals surface area contributed by atoms with E-state index >= 15 is 0 Å². The van der Waals surface area contributed by atoms with Crippen LogP contribution in [0.15, 0.2) is 303 Å². The van der Waals surface area contributed by atoms with Crippen LogP contribution in [-0.2, 0) is 0 Å². The average Bonchev–Trinajstić information content (AvgIpc) is 1.69. The van der Waals surface area contributed by atoms with Crippen LogP contribution in [0.25, 0.3) is 125 Å². The highest BCUT2D eigenvalue weighted by molar-refractivity contribution is 6.58. The molecule has 4 aromatic heterocycles. The minimum absolute atomic E-state index is 0. The minimum Gasteiger partial charge on any atom is -0.423 e.